The summed E-state index contributed by atoms with van der Waals surface area (Å²) in [5.74, 6) is 0.749. The minimum absolute atomic E-state index is 0.275. The standard InChI is InChI=1S/C9H16N2O2/c10-9-2-1-3-11(9)8-6-12-4-5-13-7-8/h8,10H,1-7H2. The number of nitrogens with zero attached hydrogens (tertiary/aromatic N) is 1. The lowest BCUT2D eigenvalue weighted by Crippen LogP contribution is -2.41. The SMILES string of the molecule is N=C1CCCN1C1COCCOC1. The van der Waals surface area contributed by atoms with Crippen LogP contribution < -0.4 is 0 Å². The van der Waals surface area contributed by atoms with Gasteiger partial charge >= 0.3 is 0 Å². The molecule has 0 saturated carbocycles. The first-order valence-corrected chi connectivity index (χ1v) is 4.87. The second kappa shape index (κ2) is 4.07. The van der Waals surface area contributed by atoms with Crippen molar-refractivity contribution in [1.29, 1.82) is 5.41 Å². The van der Waals surface area contributed by atoms with E-state index >= 15 is 0 Å². The lowest BCUT2D eigenvalue weighted by Gasteiger charge is -2.27. The molecule has 1 N–H and O–H groups in total. The maximum absolute atomic E-state index is 7.73. The third-order valence-corrected chi connectivity index (χ3v) is 2.59. The molecule has 2 aliphatic rings. The Balaban J connectivity index is 1.93. The second-order valence-electron chi connectivity index (χ2n) is 3.55. The molecule has 13 heavy (non-hydrogen) atoms. The quantitative estimate of drug-likeness (QED) is 0.644. The van der Waals surface area contributed by atoms with Crippen molar-refractivity contribution in [1.82, 2.24) is 4.90 Å². The van der Waals surface area contributed by atoms with Gasteiger partial charge in [-0.05, 0) is 6.42 Å². The van der Waals surface area contributed by atoms with E-state index in [0.29, 0.717) is 26.4 Å². The van der Waals surface area contributed by atoms with Gasteiger partial charge < -0.3 is 14.4 Å². The van der Waals surface area contributed by atoms with Gasteiger partial charge in [0.05, 0.1) is 38.3 Å². The van der Waals surface area contributed by atoms with Crippen molar-refractivity contribution in [3.05, 3.63) is 0 Å². The molecule has 0 atom stereocenters. The average Bonchev–Trinajstić information content (AvgIpc) is 2.43. The number of ether oxygens (including phenoxy) is 2. The highest BCUT2D eigenvalue weighted by Gasteiger charge is 2.26. The molecule has 2 fully saturated rings. The van der Waals surface area contributed by atoms with Crippen molar-refractivity contribution in [3.8, 4) is 0 Å². The van der Waals surface area contributed by atoms with E-state index in [-0.39, 0.29) is 6.04 Å². The van der Waals surface area contributed by atoms with Gasteiger partial charge in [-0.15, -0.1) is 0 Å². The van der Waals surface area contributed by atoms with Crippen LogP contribution >= 0.6 is 0 Å². The highest BCUT2D eigenvalue weighted by atomic mass is 16.5. The van der Waals surface area contributed by atoms with Crippen molar-refractivity contribution in [2.24, 2.45) is 0 Å². The van der Waals surface area contributed by atoms with Crippen LogP contribution in [-0.4, -0.2) is 49.7 Å². The van der Waals surface area contributed by atoms with Crippen molar-refractivity contribution in [3.63, 3.8) is 0 Å². The fourth-order valence-corrected chi connectivity index (χ4v) is 1.88. The fourth-order valence-electron chi connectivity index (χ4n) is 1.88. The highest BCUT2D eigenvalue weighted by molar-refractivity contribution is 5.81. The van der Waals surface area contributed by atoms with Crippen molar-refractivity contribution >= 4 is 5.84 Å². The normalized spacial score (nSPS) is 26.5. The molecule has 2 heterocycles. The molecule has 0 spiro atoms. The number of rotatable bonds is 1. The Morgan fingerprint density at radius 3 is 2.46 bits per heavy atom. The molecular formula is C9H16N2O2. The van der Waals surface area contributed by atoms with Crippen LogP contribution in [0.3, 0.4) is 0 Å². The first-order valence-electron chi connectivity index (χ1n) is 4.87. The molecule has 0 aromatic carbocycles. The molecule has 0 unspecified atom stereocenters. The van der Waals surface area contributed by atoms with E-state index in [1.54, 1.807) is 0 Å². The monoisotopic (exact) mass is 184 g/mol. The summed E-state index contributed by atoms with van der Waals surface area (Å²) in [7, 11) is 0. The lowest BCUT2D eigenvalue weighted by molar-refractivity contribution is 0.103. The summed E-state index contributed by atoms with van der Waals surface area (Å²) >= 11 is 0. The number of likely N-dealkylation sites (tertiary alicyclic amines) is 1. The summed E-state index contributed by atoms with van der Waals surface area (Å²) in [6.07, 6.45) is 2.02. The fraction of sp³-hybridized carbons (Fsp3) is 0.889. The third kappa shape index (κ3) is 2.00. The summed E-state index contributed by atoms with van der Waals surface area (Å²) < 4.78 is 10.8. The summed E-state index contributed by atoms with van der Waals surface area (Å²) in [6.45, 7) is 3.80. The van der Waals surface area contributed by atoms with E-state index in [2.05, 4.69) is 4.90 Å². The molecule has 2 saturated heterocycles. The predicted octanol–water partition coefficient (Wildman–Crippen LogP) is 0.475. The minimum atomic E-state index is 0.275. The van der Waals surface area contributed by atoms with Gasteiger partial charge in [0.15, 0.2) is 0 Å². The van der Waals surface area contributed by atoms with E-state index in [9.17, 15) is 0 Å². The van der Waals surface area contributed by atoms with Gasteiger partial charge in [-0.3, -0.25) is 5.41 Å². The first kappa shape index (κ1) is 8.97. The van der Waals surface area contributed by atoms with E-state index < -0.39 is 0 Å². The maximum atomic E-state index is 7.73. The summed E-state index contributed by atoms with van der Waals surface area (Å²) in [6, 6.07) is 0.275. The Kier molecular flexibility index (Phi) is 2.80. The maximum Gasteiger partial charge on any atom is 0.0962 e. The molecule has 0 bridgehead atoms. The van der Waals surface area contributed by atoms with E-state index in [0.717, 1.165) is 25.2 Å². The molecule has 2 rings (SSSR count). The van der Waals surface area contributed by atoms with Gasteiger partial charge in [-0.1, -0.05) is 0 Å². The molecule has 0 aliphatic carbocycles. The summed E-state index contributed by atoms with van der Waals surface area (Å²) in [5.41, 5.74) is 0. The lowest BCUT2D eigenvalue weighted by atomic mass is 10.3. The number of nitrogens with one attached hydrogen (secondary N) is 1. The van der Waals surface area contributed by atoms with Gasteiger partial charge in [0, 0.05) is 13.0 Å². The smallest absolute Gasteiger partial charge is 0.0962 e. The Labute approximate surface area is 78.3 Å². The van der Waals surface area contributed by atoms with Crippen molar-refractivity contribution in [2.45, 2.75) is 18.9 Å². The summed E-state index contributed by atoms with van der Waals surface area (Å²) in [5, 5.41) is 7.73. The minimum Gasteiger partial charge on any atom is -0.377 e. The Bertz CT molecular complexity index is 188. The number of amidine groups is 1. The Morgan fingerprint density at radius 2 is 1.92 bits per heavy atom. The second-order valence-corrected chi connectivity index (χ2v) is 3.55. The molecular weight excluding hydrogens is 168 g/mol. The molecule has 74 valence electrons. The Morgan fingerprint density at radius 1 is 1.23 bits per heavy atom. The summed E-state index contributed by atoms with van der Waals surface area (Å²) in [4.78, 5) is 2.12. The molecule has 4 heteroatoms. The van der Waals surface area contributed by atoms with Gasteiger partial charge in [0.25, 0.3) is 0 Å². The van der Waals surface area contributed by atoms with Crippen LogP contribution in [-0.2, 0) is 9.47 Å². The molecule has 0 amide bonds. The first-order chi connectivity index (χ1) is 6.38. The van der Waals surface area contributed by atoms with Crippen LogP contribution in [0.25, 0.3) is 0 Å². The molecule has 0 aromatic heterocycles. The molecule has 0 aromatic rings. The molecule has 4 nitrogen and oxygen atoms in total. The molecule has 2 aliphatic heterocycles. The largest absolute Gasteiger partial charge is 0.377 e. The van der Waals surface area contributed by atoms with Crippen LogP contribution in [0.5, 0.6) is 0 Å². The predicted molar refractivity (Wildman–Crippen MR) is 49.1 cm³/mol. The van der Waals surface area contributed by atoms with Gasteiger partial charge in [0.2, 0.25) is 0 Å². The zero-order chi connectivity index (χ0) is 9.10. The highest BCUT2D eigenvalue weighted by Crippen LogP contribution is 2.15. The third-order valence-electron chi connectivity index (χ3n) is 2.59. The molecule has 0 radical (unpaired) electrons. The van der Waals surface area contributed by atoms with E-state index in [1.807, 2.05) is 0 Å². The average molecular weight is 184 g/mol. The zero-order valence-corrected chi connectivity index (χ0v) is 7.79. The van der Waals surface area contributed by atoms with Gasteiger partial charge in [-0.25, -0.2) is 0 Å². The van der Waals surface area contributed by atoms with Crippen molar-refractivity contribution in [2.75, 3.05) is 33.0 Å². The van der Waals surface area contributed by atoms with Crippen LogP contribution in [0.1, 0.15) is 12.8 Å². The van der Waals surface area contributed by atoms with Crippen LogP contribution in [0, 0.1) is 5.41 Å². The topological polar surface area (TPSA) is 45.6 Å². The van der Waals surface area contributed by atoms with Crippen LogP contribution in [0.15, 0.2) is 0 Å². The zero-order valence-electron chi connectivity index (χ0n) is 7.79. The number of hydrogen-bond acceptors (Lipinski definition) is 3. The number of hydrogen-bond donors (Lipinski definition) is 1. The Hall–Kier alpha value is -0.610. The van der Waals surface area contributed by atoms with Crippen molar-refractivity contribution < 1.29 is 9.47 Å². The van der Waals surface area contributed by atoms with E-state index in [1.165, 1.54) is 0 Å². The van der Waals surface area contributed by atoms with Crippen LogP contribution in [0.2, 0.25) is 0 Å². The van der Waals surface area contributed by atoms with Gasteiger partial charge in [-0.2, -0.15) is 0 Å². The van der Waals surface area contributed by atoms with Gasteiger partial charge in [0.1, 0.15) is 0 Å². The van der Waals surface area contributed by atoms with Crippen LogP contribution in [0.4, 0.5) is 0 Å². The van der Waals surface area contributed by atoms with E-state index in [4.69, 9.17) is 14.9 Å².